The van der Waals surface area contributed by atoms with Gasteiger partial charge in [0.25, 0.3) is 0 Å². The van der Waals surface area contributed by atoms with Gasteiger partial charge in [0.1, 0.15) is 5.82 Å². The molecule has 0 saturated heterocycles. The van der Waals surface area contributed by atoms with E-state index in [-0.39, 0.29) is 0 Å². The molecule has 0 bridgehead atoms. The van der Waals surface area contributed by atoms with Crippen LogP contribution < -0.4 is 4.90 Å². The molecule has 1 aromatic rings. The Morgan fingerprint density at radius 3 is 2.71 bits per heavy atom. The Labute approximate surface area is 102 Å². The van der Waals surface area contributed by atoms with E-state index in [2.05, 4.69) is 68.7 Å². The second-order valence-electron chi connectivity index (χ2n) is 3.46. The molecule has 1 heterocycles. The third-order valence-electron chi connectivity index (χ3n) is 1.90. The average Bonchev–Trinajstić information content (AvgIpc) is 2.01. The van der Waals surface area contributed by atoms with E-state index in [1.165, 1.54) is 5.56 Å². The molecule has 0 amide bonds. The molecule has 14 heavy (non-hydrogen) atoms. The van der Waals surface area contributed by atoms with Crippen LogP contribution in [0.15, 0.2) is 16.7 Å². The predicted molar refractivity (Wildman–Crippen MR) is 68.3 cm³/mol. The number of hydrogen-bond acceptors (Lipinski definition) is 2. The van der Waals surface area contributed by atoms with Crippen LogP contribution in [-0.4, -0.2) is 23.4 Å². The van der Waals surface area contributed by atoms with Crippen LogP contribution in [0.3, 0.4) is 0 Å². The Kier molecular flexibility index (Phi) is 4.38. The highest BCUT2D eigenvalue weighted by atomic mass is 79.9. The molecule has 4 heteroatoms. The first-order valence-corrected chi connectivity index (χ1v) is 6.19. The molecular formula is C10H14Br2N2. The number of aromatic nitrogens is 1. The summed E-state index contributed by atoms with van der Waals surface area (Å²) in [6, 6.07) is 2.08. The molecule has 1 unspecified atom stereocenters. The van der Waals surface area contributed by atoms with Crippen molar-refractivity contribution >= 4 is 37.7 Å². The number of hydrogen-bond donors (Lipinski definition) is 0. The Balaban J connectivity index is 2.84. The smallest absolute Gasteiger partial charge is 0.131 e. The van der Waals surface area contributed by atoms with Crippen molar-refractivity contribution in [1.82, 2.24) is 4.98 Å². The minimum absolute atomic E-state index is 0.470. The maximum absolute atomic E-state index is 4.39. The first kappa shape index (κ1) is 12.0. The first-order chi connectivity index (χ1) is 6.50. The molecule has 1 rings (SSSR count). The lowest BCUT2D eigenvalue weighted by Crippen LogP contribution is -2.25. The van der Waals surface area contributed by atoms with E-state index in [4.69, 9.17) is 0 Å². The summed E-state index contributed by atoms with van der Waals surface area (Å²) in [7, 11) is 2.06. The van der Waals surface area contributed by atoms with Crippen molar-refractivity contribution in [3.05, 3.63) is 22.3 Å². The van der Waals surface area contributed by atoms with Crippen LogP contribution in [-0.2, 0) is 0 Å². The van der Waals surface area contributed by atoms with Gasteiger partial charge in [-0.1, -0.05) is 22.9 Å². The van der Waals surface area contributed by atoms with Gasteiger partial charge in [0.2, 0.25) is 0 Å². The minimum atomic E-state index is 0.470. The maximum atomic E-state index is 4.39. The summed E-state index contributed by atoms with van der Waals surface area (Å²) in [4.78, 5) is 7.01. The van der Waals surface area contributed by atoms with Gasteiger partial charge >= 0.3 is 0 Å². The third kappa shape index (κ3) is 3.24. The van der Waals surface area contributed by atoms with Crippen molar-refractivity contribution in [3.63, 3.8) is 0 Å². The van der Waals surface area contributed by atoms with Crippen molar-refractivity contribution in [2.45, 2.75) is 18.7 Å². The number of anilines is 1. The fourth-order valence-corrected chi connectivity index (χ4v) is 2.28. The van der Waals surface area contributed by atoms with Crippen LogP contribution in [0.25, 0.3) is 0 Å². The number of halogens is 2. The highest BCUT2D eigenvalue weighted by molar-refractivity contribution is 9.10. The Hall–Kier alpha value is -0.0900. The Bertz CT molecular complexity index is 313. The molecule has 2 nitrogen and oxygen atoms in total. The lowest BCUT2D eigenvalue weighted by molar-refractivity contribution is 0.855. The lowest BCUT2D eigenvalue weighted by Gasteiger charge is -2.21. The summed E-state index contributed by atoms with van der Waals surface area (Å²) in [5, 5.41) is 0. The van der Waals surface area contributed by atoms with Crippen LogP contribution in [0.4, 0.5) is 5.82 Å². The molecule has 0 aliphatic heterocycles. The highest BCUT2D eigenvalue weighted by Crippen LogP contribution is 2.20. The number of alkyl halides is 1. The molecule has 0 aromatic carbocycles. The molecule has 78 valence electrons. The highest BCUT2D eigenvalue weighted by Gasteiger charge is 2.08. The van der Waals surface area contributed by atoms with Gasteiger partial charge in [-0.2, -0.15) is 0 Å². The van der Waals surface area contributed by atoms with Crippen molar-refractivity contribution in [1.29, 1.82) is 0 Å². The van der Waals surface area contributed by atoms with E-state index in [0.717, 1.165) is 16.8 Å². The van der Waals surface area contributed by atoms with Crippen LogP contribution in [0.5, 0.6) is 0 Å². The van der Waals surface area contributed by atoms with Crippen molar-refractivity contribution in [2.75, 3.05) is 18.5 Å². The van der Waals surface area contributed by atoms with Crippen molar-refractivity contribution < 1.29 is 0 Å². The van der Waals surface area contributed by atoms with Crippen LogP contribution in [0.1, 0.15) is 12.5 Å². The first-order valence-electron chi connectivity index (χ1n) is 4.48. The number of rotatable bonds is 3. The van der Waals surface area contributed by atoms with Gasteiger partial charge in [-0.3, -0.25) is 0 Å². The topological polar surface area (TPSA) is 16.1 Å². The Morgan fingerprint density at radius 1 is 1.57 bits per heavy atom. The van der Waals surface area contributed by atoms with E-state index in [9.17, 15) is 0 Å². The third-order valence-corrected chi connectivity index (χ3v) is 2.63. The summed E-state index contributed by atoms with van der Waals surface area (Å²) in [5.41, 5.74) is 1.19. The molecule has 0 aliphatic carbocycles. The molecule has 0 fully saturated rings. The van der Waals surface area contributed by atoms with Gasteiger partial charge in [0.15, 0.2) is 0 Å². The molecule has 0 radical (unpaired) electrons. The van der Waals surface area contributed by atoms with Crippen LogP contribution >= 0.6 is 31.9 Å². The molecule has 0 N–H and O–H groups in total. The van der Waals surface area contributed by atoms with Crippen molar-refractivity contribution in [3.8, 4) is 0 Å². The fraction of sp³-hybridized carbons (Fsp3) is 0.500. The van der Waals surface area contributed by atoms with Crippen LogP contribution in [0, 0.1) is 6.92 Å². The molecule has 1 aromatic heterocycles. The van der Waals surface area contributed by atoms with Gasteiger partial charge in [-0.05, 0) is 34.5 Å². The number of aryl methyl sites for hydroxylation is 1. The van der Waals surface area contributed by atoms with E-state index in [1.807, 2.05) is 6.20 Å². The molecule has 0 spiro atoms. The molecule has 0 saturated carbocycles. The second-order valence-corrected chi connectivity index (χ2v) is 5.93. The summed E-state index contributed by atoms with van der Waals surface area (Å²) in [6.07, 6.45) is 1.83. The van der Waals surface area contributed by atoms with Gasteiger partial charge in [-0.25, -0.2) is 4.98 Å². The predicted octanol–water partition coefficient (Wildman–Crippen LogP) is 3.37. The van der Waals surface area contributed by atoms with Gasteiger partial charge in [0.05, 0.1) is 0 Å². The molecular weight excluding hydrogens is 308 g/mol. The largest absolute Gasteiger partial charge is 0.358 e. The average molecular weight is 322 g/mol. The lowest BCUT2D eigenvalue weighted by atomic mass is 10.2. The number of pyridine rings is 1. The normalized spacial score (nSPS) is 12.6. The zero-order valence-corrected chi connectivity index (χ0v) is 11.8. The monoisotopic (exact) mass is 320 g/mol. The Morgan fingerprint density at radius 2 is 2.21 bits per heavy atom. The molecule has 0 aliphatic rings. The number of nitrogens with zero attached hydrogens (tertiary/aromatic N) is 2. The quantitative estimate of drug-likeness (QED) is 0.793. The maximum Gasteiger partial charge on any atom is 0.131 e. The summed E-state index contributed by atoms with van der Waals surface area (Å²) in [5.74, 6) is 1.04. The zero-order valence-electron chi connectivity index (χ0n) is 8.59. The van der Waals surface area contributed by atoms with Gasteiger partial charge in [-0.15, -0.1) is 0 Å². The second kappa shape index (κ2) is 5.12. The van der Waals surface area contributed by atoms with Gasteiger partial charge < -0.3 is 4.90 Å². The molecule has 1 atom stereocenters. The summed E-state index contributed by atoms with van der Waals surface area (Å²) < 4.78 is 1.03. The fourth-order valence-electron chi connectivity index (χ4n) is 1.40. The van der Waals surface area contributed by atoms with Gasteiger partial charge in [0, 0.05) is 29.1 Å². The van der Waals surface area contributed by atoms with E-state index in [0.29, 0.717) is 4.83 Å². The van der Waals surface area contributed by atoms with E-state index < -0.39 is 0 Å². The summed E-state index contributed by atoms with van der Waals surface area (Å²) in [6.45, 7) is 5.16. The standard InChI is InChI=1S/C10H14Br2N2/c1-7-4-9(12)5-13-10(7)14(3)6-8(2)11/h4-5,8H,6H2,1-3H3. The SMILES string of the molecule is Cc1cc(Br)cnc1N(C)CC(C)Br. The summed E-state index contributed by atoms with van der Waals surface area (Å²) >= 11 is 6.94. The van der Waals surface area contributed by atoms with E-state index >= 15 is 0 Å². The van der Waals surface area contributed by atoms with Crippen LogP contribution in [0.2, 0.25) is 0 Å². The zero-order chi connectivity index (χ0) is 10.7. The van der Waals surface area contributed by atoms with E-state index in [1.54, 1.807) is 0 Å². The minimum Gasteiger partial charge on any atom is -0.358 e. The van der Waals surface area contributed by atoms with Crippen molar-refractivity contribution in [2.24, 2.45) is 0 Å².